The minimum absolute atomic E-state index is 0.135. The first-order valence-electron chi connectivity index (χ1n) is 5.37. The molecule has 0 bridgehead atoms. The normalized spacial score (nSPS) is 10.0. The number of rotatable bonds is 3. The van der Waals surface area contributed by atoms with Gasteiger partial charge in [0.25, 0.3) is 0 Å². The lowest BCUT2D eigenvalue weighted by Crippen LogP contribution is -1.94. The van der Waals surface area contributed by atoms with E-state index in [1.165, 1.54) is 18.2 Å². The van der Waals surface area contributed by atoms with Crippen molar-refractivity contribution >= 4 is 23.2 Å². The third-order valence-corrected chi connectivity index (χ3v) is 3.14. The fourth-order valence-corrected chi connectivity index (χ4v) is 2.16. The van der Waals surface area contributed by atoms with Gasteiger partial charge in [-0.25, -0.2) is 4.39 Å². The van der Waals surface area contributed by atoms with Crippen molar-refractivity contribution in [1.29, 1.82) is 5.26 Å². The van der Waals surface area contributed by atoms with Gasteiger partial charge in [-0.05, 0) is 24.3 Å². The Labute approximate surface area is 119 Å². The van der Waals surface area contributed by atoms with Gasteiger partial charge in [0, 0.05) is 10.6 Å². The topological polar surface area (TPSA) is 33.0 Å². The second-order valence-electron chi connectivity index (χ2n) is 3.68. The highest BCUT2D eigenvalue weighted by Crippen LogP contribution is 2.33. The predicted molar refractivity (Wildman–Crippen MR) is 72.2 cm³/mol. The molecule has 0 atom stereocenters. The molecule has 5 heteroatoms. The fourth-order valence-electron chi connectivity index (χ4n) is 1.58. The Kier molecular flexibility index (Phi) is 4.26. The molecule has 0 amide bonds. The molecule has 0 fully saturated rings. The molecular formula is C14H8Cl2FNO. The Morgan fingerprint density at radius 2 is 1.84 bits per heavy atom. The van der Waals surface area contributed by atoms with E-state index in [4.69, 9.17) is 33.2 Å². The highest BCUT2D eigenvalue weighted by molar-refractivity contribution is 6.32. The molecular weight excluding hydrogens is 288 g/mol. The molecule has 0 unspecified atom stereocenters. The highest BCUT2D eigenvalue weighted by atomic mass is 35.5. The van der Waals surface area contributed by atoms with Crippen LogP contribution in [0, 0.1) is 17.1 Å². The third-order valence-electron chi connectivity index (χ3n) is 2.52. The maximum Gasteiger partial charge on any atom is 0.148 e. The average Bonchev–Trinajstić information content (AvgIpc) is 2.39. The molecule has 0 N–H and O–H groups in total. The van der Waals surface area contributed by atoms with Crippen molar-refractivity contribution in [2.75, 3.05) is 0 Å². The summed E-state index contributed by atoms with van der Waals surface area (Å²) in [7, 11) is 0. The quantitative estimate of drug-likeness (QED) is 0.756. The van der Waals surface area contributed by atoms with Crippen LogP contribution in [0.2, 0.25) is 5.02 Å². The number of alkyl halides is 1. The van der Waals surface area contributed by atoms with Crippen molar-refractivity contribution in [1.82, 2.24) is 0 Å². The van der Waals surface area contributed by atoms with Crippen molar-refractivity contribution in [2.45, 2.75) is 5.88 Å². The number of benzene rings is 2. The first kappa shape index (κ1) is 13.7. The molecule has 0 saturated carbocycles. The monoisotopic (exact) mass is 295 g/mol. The molecule has 0 saturated heterocycles. The second-order valence-corrected chi connectivity index (χ2v) is 4.35. The van der Waals surface area contributed by atoms with E-state index in [1.807, 2.05) is 0 Å². The van der Waals surface area contributed by atoms with Crippen LogP contribution in [0.4, 0.5) is 4.39 Å². The number of hydrogen-bond donors (Lipinski definition) is 0. The van der Waals surface area contributed by atoms with E-state index in [1.54, 1.807) is 24.3 Å². The lowest BCUT2D eigenvalue weighted by Gasteiger charge is -2.12. The van der Waals surface area contributed by atoms with Gasteiger partial charge in [0.1, 0.15) is 28.9 Å². The molecule has 2 nitrogen and oxygen atoms in total. The Morgan fingerprint density at radius 1 is 1.16 bits per heavy atom. The number of nitriles is 1. The molecule has 2 aromatic carbocycles. The van der Waals surface area contributed by atoms with Crippen LogP contribution < -0.4 is 4.74 Å². The maximum atomic E-state index is 13.5. The molecule has 2 rings (SSSR count). The average molecular weight is 296 g/mol. The Hall–Kier alpha value is -1.76. The van der Waals surface area contributed by atoms with Gasteiger partial charge in [0.15, 0.2) is 0 Å². The van der Waals surface area contributed by atoms with Gasteiger partial charge < -0.3 is 4.74 Å². The van der Waals surface area contributed by atoms with Crippen LogP contribution in [-0.4, -0.2) is 0 Å². The summed E-state index contributed by atoms with van der Waals surface area (Å²) >= 11 is 11.8. The van der Waals surface area contributed by atoms with Crippen LogP contribution in [0.25, 0.3) is 0 Å². The summed E-state index contributed by atoms with van der Waals surface area (Å²) in [5, 5.41) is 9.40. The lowest BCUT2D eigenvalue weighted by molar-refractivity contribution is 0.470. The smallest absolute Gasteiger partial charge is 0.148 e. The minimum Gasteiger partial charge on any atom is -0.455 e. The van der Waals surface area contributed by atoms with Crippen LogP contribution in [0.15, 0.2) is 36.4 Å². The van der Waals surface area contributed by atoms with Gasteiger partial charge in [-0.1, -0.05) is 23.7 Å². The number of hydrogen-bond acceptors (Lipinski definition) is 2. The van der Waals surface area contributed by atoms with Crippen LogP contribution in [0.1, 0.15) is 11.1 Å². The van der Waals surface area contributed by atoms with Crippen LogP contribution >= 0.6 is 23.2 Å². The Bertz CT molecular complexity index is 652. The van der Waals surface area contributed by atoms with E-state index in [0.717, 1.165) is 0 Å². The number of halogens is 3. The summed E-state index contributed by atoms with van der Waals surface area (Å²) in [6.45, 7) is 0. The van der Waals surface area contributed by atoms with E-state index in [9.17, 15) is 4.39 Å². The summed E-state index contributed by atoms with van der Waals surface area (Å²) in [5.41, 5.74) is 0.446. The molecule has 0 spiro atoms. The molecule has 0 radical (unpaired) electrons. The van der Waals surface area contributed by atoms with Crippen molar-refractivity contribution in [3.63, 3.8) is 0 Å². The third kappa shape index (κ3) is 2.81. The van der Waals surface area contributed by atoms with E-state index >= 15 is 0 Å². The molecule has 2 aromatic rings. The first-order chi connectivity index (χ1) is 9.17. The van der Waals surface area contributed by atoms with E-state index in [0.29, 0.717) is 16.3 Å². The van der Waals surface area contributed by atoms with Gasteiger partial charge >= 0.3 is 0 Å². The van der Waals surface area contributed by atoms with E-state index in [2.05, 4.69) is 0 Å². The van der Waals surface area contributed by atoms with E-state index in [-0.39, 0.29) is 17.2 Å². The lowest BCUT2D eigenvalue weighted by atomic mass is 10.2. The van der Waals surface area contributed by atoms with Crippen molar-refractivity contribution in [3.8, 4) is 17.6 Å². The predicted octanol–water partition coefficient (Wildman–Crippen LogP) is 4.88. The molecule has 0 aliphatic carbocycles. The zero-order valence-electron chi connectivity index (χ0n) is 9.66. The minimum atomic E-state index is -0.630. The summed E-state index contributed by atoms with van der Waals surface area (Å²) in [6, 6.07) is 11.0. The van der Waals surface area contributed by atoms with Crippen LogP contribution in [0.3, 0.4) is 0 Å². The summed E-state index contributed by atoms with van der Waals surface area (Å²) in [5.74, 6) is 0.0711. The van der Waals surface area contributed by atoms with Gasteiger partial charge in [-0.3, -0.25) is 0 Å². The van der Waals surface area contributed by atoms with Gasteiger partial charge in [0.2, 0.25) is 0 Å². The number of ether oxygens (including phenoxy) is 1. The Balaban J connectivity index is 2.46. The zero-order valence-corrected chi connectivity index (χ0v) is 11.2. The summed E-state index contributed by atoms with van der Waals surface area (Å²) in [4.78, 5) is 0. The number of nitrogens with zero attached hydrogens (tertiary/aromatic N) is 1. The summed E-state index contributed by atoms with van der Waals surface area (Å²) < 4.78 is 19.0. The molecule has 0 heterocycles. The Morgan fingerprint density at radius 3 is 2.53 bits per heavy atom. The van der Waals surface area contributed by atoms with Gasteiger partial charge in [-0.15, -0.1) is 11.6 Å². The molecule has 0 aromatic heterocycles. The largest absolute Gasteiger partial charge is 0.455 e. The second kappa shape index (κ2) is 5.92. The molecule has 0 aliphatic heterocycles. The molecule has 19 heavy (non-hydrogen) atoms. The SMILES string of the molecule is N#Cc1c(F)cccc1Oc1cccc(Cl)c1CCl. The van der Waals surface area contributed by atoms with Crippen LogP contribution in [-0.2, 0) is 5.88 Å². The summed E-state index contributed by atoms with van der Waals surface area (Å²) in [6.07, 6.45) is 0. The van der Waals surface area contributed by atoms with Gasteiger partial charge in [-0.2, -0.15) is 5.26 Å². The van der Waals surface area contributed by atoms with E-state index < -0.39 is 5.82 Å². The fraction of sp³-hybridized carbons (Fsp3) is 0.0714. The molecule has 96 valence electrons. The maximum absolute atomic E-state index is 13.5. The first-order valence-corrected chi connectivity index (χ1v) is 6.28. The molecule has 0 aliphatic rings. The van der Waals surface area contributed by atoms with Gasteiger partial charge in [0.05, 0.1) is 5.88 Å². The zero-order chi connectivity index (χ0) is 13.8. The van der Waals surface area contributed by atoms with Crippen LogP contribution in [0.5, 0.6) is 11.5 Å². The standard InChI is InChI=1S/C14H8Cl2FNO/c15-7-9-11(16)3-1-5-13(9)19-14-6-2-4-12(17)10(14)8-18/h1-6H,7H2. The van der Waals surface area contributed by atoms with Crippen molar-refractivity contribution < 1.29 is 9.13 Å². The highest BCUT2D eigenvalue weighted by Gasteiger charge is 2.13. The van der Waals surface area contributed by atoms with Crippen molar-refractivity contribution in [3.05, 3.63) is 58.4 Å². The van der Waals surface area contributed by atoms with Crippen molar-refractivity contribution in [2.24, 2.45) is 0 Å².